The van der Waals surface area contributed by atoms with Gasteiger partial charge in [0.2, 0.25) is 0 Å². The van der Waals surface area contributed by atoms with E-state index in [0.29, 0.717) is 11.8 Å². The van der Waals surface area contributed by atoms with Crippen molar-refractivity contribution >= 4 is 11.5 Å². The Labute approximate surface area is 126 Å². The second kappa shape index (κ2) is 6.06. The number of hydrogen-bond donors (Lipinski definition) is 0. The first-order valence-corrected chi connectivity index (χ1v) is 7.87. The van der Waals surface area contributed by atoms with Gasteiger partial charge in [-0.1, -0.05) is 12.5 Å². The number of methoxy groups -OCH3 is 1. The van der Waals surface area contributed by atoms with E-state index in [0.717, 1.165) is 30.9 Å². The van der Waals surface area contributed by atoms with Gasteiger partial charge in [-0.15, -0.1) is 0 Å². The molecule has 2 heterocycles. The molecule has 4 heteroatoms. The van der Waals surface area contributed by atoms with Gasteiger partial charge in [0.1, 0.15) is 5.75 Å². The third-order valence-electron chi connectivity index (χ3n) is 4.75. The van der Waals surface area contributed by atoms with Crippen LogP contribution in [0.5, 0.6) is 5.75 Å². The zero-order chi connectivity index (χ0) is 14.8. The molecule has 0 saturated carbocycles. The van der Waals surface area contributed by atoms with Crippen LogP contribution in [-0.4, -0.2) is 50.0 Å². The maximum absolute atomic E-state index is 12.1. The van der Waals surface area contributed by atoms with Crippen molar-refractivity contribution < 1.29 is 9.53 Å². The fourth-order valence-electron chi connectivity index (χ4n) is 3.68. The summed E-state index contributed by atoms with van der Waals surface area (Å²) in [4.78, 5) is 17.0. The highest BCUT2D eigenvalue weighted by molar-refractivity contribution is 6.02. The summed E-state index contributed by atoms with van der Waals surface area (Å²) in [7, 11) is 1.63. The largest absolute Gasteiger partial charge is 0.496 e. The minimum absolute atomic E-state index is 0.0773. The number of carbonyl (C=O) groups excluding carboxylic acids is 1. The molecule has 0 bridgehead atoms. The van der Waals surface area contributed by atoms with Crippen molar-refractivity contribution in [3.63, 3.8) is 0 Å². The molecule has 1 atom stereocenters. The van der Waals surface area contributed by atoms with Crippen LogP contribution in [0.2, 0.25) is 0 Å². The van der Waals surface area contributed by atoms with Gasteiger partial charge in [0.05, 0.1) is 18.4 Å². The van der Waals surface area contributed by atoms with Gasteiger partial charge >= 0.3 is 0 Å². The lowest BCUT2D eigenvalue weighted by Gasteiger charge is -2.45. The molecule has 0 aliphatic carbocycles. The molecule has 1 aromatic carbocycles. The van der Waals surface area contributed by atoms with Gasteiger partial charge in [0.15, 0.2) is 5.78 Å². The second-order valence-electron chi connectivity index (χ2n) is 6.04. The summed E-state index contributed by atoms with van der Waals surface area (Å²) < 4.78 is 5.39. The molecule has 1 aromatic rings. The van der Waals surface area contributed by atoms with Crippen LogP contribution >= 0.6 is 0 Å². The summed E-state index contributed by atoms with van der Waals surface area (Å²) in [5, 5.41) is 0. The highest BCUT2D eigenvalue weighted by atomic mass is 16.5. The monoisotopic (exact) mass is 288 g/mol. The van der Waals surface area contributed by atoms with Crippen LogP contribution in [0.25, 0.3) is 0 Å². The first-order valence-electron chi connectivity index (χ1n) is 7.87. The Bertz CT molecular complexity index is 530. The molecule has 0 aromatic heterocycles. The quantitative estimate of drug-likeness (QED) is 0.800. The number of carbonyl (C=O) groups is 1. The van der Waals surface area contributed by atoms with Gasteiger partial charge < -0.3 is 9.64 Å². The predicted molar refractivity (Wildman–Crippen MR) is 84.4 cm³/mol. The van der Waals surface area contributed by atoms with Crippen LogP contribution in [0.15, 0.2) is 18.2 Å². The van der Waals surface area contributed by atoms with Gasteiger partial charge in [-0.05, 0) is 38.4 Å². The number of hydrogen-bond acceptors (Lipinski definition) is 4. The molecule has 2 aliphatic heterocycles. The second-order valence-corrected chi connectivity index (χ2v) is 6.04. The number of anilines is 1. The van der Waals surface area contributed by atoms with Crippen molar-refractivity contribution in [2.24, 2.45) is 0 Å². The highest BCUT2D eigenvalue weighted by Gasteiger charge is 2.30. The molecule has 21 heavy (non-hydrogen) atoms. The van der Waals surface area contributed by atoms with Crippen LogP contribution in [0.1, 0.15) is 36.5 Å². The summed E-state index contributed by atoms with van der Waals surface area (Å²) in [5.41, 5.74) is 1.76. The number of rotatable bonds is 3. The number of fused-ring (bicyclic) bond motifs is 1. The van der Waals surface area contributed by atoms with Crippen molar-refractivity contribution in [2.45, 2.75) is 32.2 Å². The SMILES string of the molecule is COc1cccc(N2CCN3CCCCC3C2)c1C(C)=O. The molecule has 0 spiro atoms. The van der Waals surface area contributed by atoms with E-state index in [9.17, 15) is 4.79 Å². The van der Waals surface area contributed by atoms with Crippen molar-refractivity contribution in [1.29, 1.82) is 0 Å². The average molecular weight is 288 g/mol. The normalized spacial score (nSPS) is 22.8. The topological polar surface area (TPSA) is 32.8 Å². The molecule has 0 radical (unpaired) electrons. The Morgan fingerprint density at radius 1 is 1.24 bits per heavy atom. The summed E-state index contributed by atoms with van der Waals surface area (Å²) in [5.74, 6) is 0.764. The third-order valence-corrected chi connectivity index (χ3v) is 4.75. The summed E-state index contributed by atoms with van der Waals surface area (Å²) in [6.45, 7) is 5.96. The molecule has 114 valence electrons. The lowest BCUT2D eigenvalue weighted by Crippen LogP contribution is -2.55. The molecule has 0 amide bonds. The highest BCUT2D eigenvalue weighted by Crippen LogP contribution is 2.32. The molecule has 1 unspecified atom stereocenters. The summed E-state index contributed by atoms with van der Waals surface area (Å²) in [6, 6.07) is 6.54. The summed E-state index contributed by atoms with van der Waals surface area (Å²) >= 11 is 0. The standard InChI is InChI=1S/C17H24N2O2/c1-13(20)17-15(7-5-8-16(17)21-2)19-11-10-18-9-4-3-6-14(18)12-19/h5,7-8,14H,3-4,6,9-12H2,1-2H3. The van der Waals surface area contributed by atoms with E-state index in [2.05, 4.69) is 15.9 Å². The van der Waals surface area contributed by atoms with E-state index < -0.39 is 0 Å². The lowest BCUT2D eigenvalue weighted by atomic mass is 9.98. The van der Waals surface area contributed by atoms with E-state index in [1.54, 1.807) is 14.0 Å². The van der Waals surface area contributed by atoms with Gasteiger partial charge in [0.25, 0.3) is 0 Å². The zero-order valence-electron chi connectivity index (χ0n) is 13.0. The molecule has 2 aliphatic rings. The zero-order valence-corrected chi connectivity index (χ0v) is 13.0. The van der Waals surface area contributed by atoms with E-state index in [1.165, 1.54) is 25.8 Å². The number of piperidine rings is 1. The van der Waals surface area contributed by atoms with Crippen molar-refractivity contribution in [3.05, 3.63) is 23.8 Å². The molecule has 2 fully saturated rings. The fourth-order valence-corrected chi connectivity index (χ4v) is 3.68. The Balaban J connectivity index is 1.88. The van der Waals surface area contributed by atoms with Gasteiger partial charge in [0, 0.05) is 25.7 Å². The Morgan fingerprint density at radius 3 is 2.86 bits per heavy atom. The van der Waals surface area contributed by atoms with E-state index in [4.69, 9.17) is 4.74 Å². The molecule has 4 nitrogen and oxygen atoms in total. The maximum Gasteiger partial charge on any atom is 0.165 e. The smallest absolute Gasteiger partial charge is 0.165 e. The van der Waals surface area contributed by atoms with E-state index in [1.807, 2.05) is 12.1 Å². The Kier molecular flexibility index (Phi) is 4.15. The number of Topliss-reactive ketones (excluding diaryl/α,β-unsaturated/α-hetero) is 1. The predicted octanol–water partition coefficient (Wildman–Crippen LogP) is 2.57. The van der Waals surface area contributed by atoms with Crippen molar-refractivity contribution in [1.82, 2.24) is 4.90 Å². The van der Waals surface area contributed by atoms with Crippen LogP contribution in [0, 0.1) is 0 Å². The van der Waals surface area contributed by atoms with Crippen molar-refractivity contribution in [2.75, 3.05) is 38.2 Å². The lowest BCUT2D eigenvalue weighted by molar-refractivity contribution is 0.101. The molecule has 3 rings (SSSR count). The van der Waals surface area contributed by atoms with E-state index >= 15 is 0 Å². The molecule has 0 N–H and O–H groups in total. The Morgan fingerprint density at radius 2 is 2.10 bits per heavy atom. The van der Waals surface area contributed by atoms with Gasteiger partial charge in [-0.3, -0.25) is 9.69 Å². The first kappa shape index (κ1) is 14.4. The molecule has 2 saturated heterocycles. The summed E-state index contributed by atoms with van der Waals surface area (Å²) in [6.07, 6.45) is 3.93. The van der Waals surface area contributed by atoms with Gasteiger partial charge in [-0.2, -0.15) is 0 Å². The maximum atomic E-state index is 12.1. The molecular weight excluding hydrogens is 264 g/mol. The van der Waals surface area contributed by atoms with Gasteiger partial charge in [-0.25, -0.2) is 0 Å². The minimum Gasteiger partial charge on any atom is -0.496 e. The number of benzene rings is 1. The minimum atomic E-state index is 0.0773. The fraction of sp³-hybridized carbons (Fsp3) is 0.588. The number of ether oxygens (including phenoxy) is 1. The molecular formula is C17H24N2O2. The number of ketones is 1. The third kappa shape index (κ3) is 2.77. The Hall–Kier alpha value is -1.55. The average Bonchev–Trinajstić information content (AvgIpc) is 2.53. The first-order chi connectivity index (χ1) is 10.2. The van der Waals surface area contributed by atoms with Crippen LogP contribution in [0.3, 0.4) is 0 Å². The number of nitrogens with zero attached hydrogens (tertiary/aromatic N) is 2. The van der Waals surface area contributed by atoms with Crippen molar-refractivity contribution in [3.8, 4) is 5.75 Å². The van der Waals surface area contributed by atoms with Crippen LogP contribution in [-0.2, 0) is 0 Å². The number of piperazine rings is 1. The van der Waals surface area contributed by atoms with Crippen LogP contribution < -0.4 is 9.64 Å². The van der Waals surface area contributed by atoms with E-state index in [-0.39, 0.29) is 5.78 Å². The van der Waals surface area contributed by atoms with Crippen LogP contribution in [0.4, 0.5) is 5.69 Å².